The maximum atomic E-state index is 10.2. The summed E-state index contributed by atoms with van der Waals surface area (Å²) in [6.07, 6.45) is 4.95. The van der Waals surface area contributed by atoms with E-state index in [4.69, 9.17) is 12.2 Å². The van der Waals surface area contributed by atoms with Crippen molar-refractivity contribution in [2.24, 2.45) is 5.10 Å². The fourth-order valence-electron chi connectivity index (χ4n) is 2.62. The smallest absolute Gasteiger partial charge is 0.216 e. The second-order valence-corrected chi connectivity index (χ2v) is 5.75. The number of aromatic nitrogens is 4. The first kappa shape index (κ1) is 15.2. The Kier molecular flexibility index (Phi) is 3.83. The van der Waals surface area contributed by atoms with Gasteiger partial charge in [0.2, 0.25) is 4.77 Å². The van der Waals surface area contributed by atoms with Gasteiger partial charge in [-0.1, -0.05) is 30.3 Å². The summed E-state index contributed by atoms with van der Waals surface area (Å²) < 4.78 is 1.88. The molecule has 0 saturated heterocycles. The van der Waals surface area contributed by atoms with Gasteiger partial charge in [-0.3, -0.25) is 4.98 Å². The molecule has 2 N–H and O–H groups in total. The second kappa shape index (κ2) is 6.29. The number of aromatic amines is 1. The summed E-state index contributed by atoms with van der Waals surface area (Å²) in [5.41, 5.74) is 1.46. The van der Waals surface area contributed by atoms with Gasteiger partial charge in [0.05, 0.1) is 6.21 Å². The van der Waals surface area contributed by atoms with Gasteiger partial charge in [-0.25, -0.2) is 5.10 Å². The molecule has 0 saturated carbocycles. The van der Waals surface area contributed by atoms with E-state index < -0.39 is 0 Å². The molecular formula is C18H13N5OS. The van der Waals surface area contributed by atoms with Crippen LogP contribution in [-0.2, 0) is 0 Å². The van der Waals surface area contributed by atoms with Crippen LogP contribution in [0.25, 0.3) is 22.2 Å². The summed E-state index contributed by atoms with van der Waals surface area (Å²) in [4.78, 5) is 4.00. The molecule has 7 heteroatoms. The molecule has 2 aromatic heterocycles. The predicted octanol–water partition coefficient (Wildman–Crippen LogP) is 3.74. The van der Waals surface area contributed by atoms with Crippen LogP contribution in [0.4, 0.5) is 0 Å². The molecule has 0 spiro atoms. The van der Waals surface area contributed by atoms with E-state index in [-0.39, 0.29) is 5.75 Å². The van der Waals surface area contributed by atoms with Gasteiger partial charge in [-0.15, -0.1) is 0 Å². The lowest BCUT2D eigenvalue weighted by molar-refractivity contribution is 0.475. The van der Waals surface area contributed by atoms with Crippen LogP contribution in [0, 0.1) is 4.77 Å². The van der Waals surface area contributed by atoms with E-state index in [1.807, 2.05) is 42.5 Å². The van der Waals surface area contributed by atoms with Crippen LogP contribution in [0.1, 0.15) is 5.56 Å². The highest BCUT2D eigenvalue weighted by molar-refractivity contribution is 7.71. The summed E-state index contributed by atoms with van der Waals surface area (Å²) in [7, 11) is 0. The van der Waals surface area contributed by atoms with Crippen molar-refractivity contribution in [3.8, 4) is 17.1 Å². The standard InChI is InChI=1S/C18H13N5OS/c24-16-6-5-12-3-1-2-4-14(12)15(16)11-20-23-17(21-22-18(23)25)13-7-9-19-10-8-13/h1-11,24H,(H,22,25)/b20-11-. The molecule has 122 valence electrons. The quantitative estimate of drug-likeness (QED) is 0.437. The molecule has 0 aliphatic carbocycles. The Morgan fingerprint density at radius 1 is 1.08 bits per heavy atom. The van der Waals surface area contributed by atoms with Crippen LogP contribution in [0.3, 0.4) is 0 Å². The van der Waals surface area contributed by atoms with Crippen molar-refractivity contribution in [2.75, 3.05) is 0 Å². The van der Waals surface area contributed by atoms with Gasteiger partial charge in [0.1, 0.15) is 5.75 Å². The molecule has 25 heavy (non-hydrogen) atoms. The summed E-state index contributed by atoms with van der Waals surface area (Å²) >= 11 is 5.27. The Morgan fingerprint density at radius 2 is 1.88 bits per heavy atom. The summed E-state index contributed by atoms with van der Waals surface area (Å²) in [6.45, 7) is 0. The van der Waals surface area contributed by atoms with Crippen LogP contribution in [0.15, 0.2) is 66.0 Å². The third kappa shape index (κ3) is 2.81. The van der Waals surface area contributed by atoms with E-state index in [0.29, 0.717) is 16.2 Å². The number of nitrogens with zero attached hydrogens (tertiary/aromatic N) is 4. The SMILES string of the molecule is Oc1ccc2ccccc2c1/C=N\n1c(-c2ccncc2)n[nH]c1=S. The van der Waals surface area contributed by atoms with Crippen molar-refractivity contribution in [3.63, 3.8) is 0 Å². The maximum Gasteiger partial charge on any atom is 0.216 e. The molecule has 4 aromatic rings. The molecule has 2 heterocycles. The normalized spacial score (nSPS) is 11.4. The summed E-state index contributed by atoms with van der Waals surface area (Å²) in [5.74, 6) is 0.728. The number of fused-ring (bicyclic) bond motifs is 1. The average Bonchev–Trinajstić information content (AvgIpc) is 3.02. The molecule has 6 nitrogen and oxygen atoms in total. The monoisotopic (exact) mass is 347 g/mol. The first-order chi connectivity index (χ1) is 12.2. The molecule has 0 amide bonds. The fourth-order valence-corrected chi connectivity index (χ4v) is 2.80. The number of aromatic hydroxyl groups is 1. The lowest BCUT2D eigenvalue weighted by Crippen LogP contribution is -1.96. The van der Waals surface area contributed by atoms with Crippen LogP contribution in [0.2, 0.25) is 0 Å². The Morgan fingerprint density at radius 3 is 2.72 bits per heavy atom. The molecule has 0 radical (unpaired) electrons. The number of nitrogens with one attached hydrogen (secondary N) is 1. The van der Waals surface area contributed by atoms with E-state index in [1.165, 1.54) is 4.68 Å². The number of H-pyrrole nitrogens is 1. The second-order valence-electron chi connectivity index (χ2n) is 5.36. The molecule has 0 aliphatic rings. The van der Waals surface area contributed by atoms with Crippen LogP contribution in [0.5, 0.6) is 5.75 Å². The molecule has 4 rings (SSSR count). The van der Waals surface area contributed by atoms with Gasteiger partial charge in [-0.05, 0) is 41.2 Å². The number of hydrogen-bond acceptors (Lipinski definition) is 5. The number of pyridine rings is 1. The molecule has 0 unspecified atom stereocenters. The van der Waals surface area contributed by atoms with E-state index in [0.717, 1.165) is 16.3 Å². The highest BCUT2D eigenvalue weighted by Crippen LogP contribution is 2.25. The van der Waals surface area contributed by atoms with Gasteiger partial charge in [0.15, 0.2) is 5.82 Å². The molecule has 2 aromatic carbocycles. The first-order valence-electron chi connectivity index (χ1n) is 7.57. The molecule has 0 bridgehead atoms. The van der Waals surface area contributed by atoms with E-state index >= 15 is 0 Å². The molecule has 0 aliphatic heterocycles. The van der Waals surface area contributed by atoms with Crippen LogP contribution >= 0.6 is 12.2 Å². The van der Waals surface area contributed by atoms with E-state index in [9.17, 15) is 5.11 Å². The summed E-state index contributed by atoms with van der Waals surface area (Å²) in [6, 6.07) is 15.0. The topological polar surface area (TPSA) is 79.1 Å². The predicted molar refractivity (Wildman–Crippen MR) is 99.2 cm³/mol. The Bertz CT molecular complexity index is 1130. The fraction of sp³-hybridized carbons (Fsp3) is 0. The van der Waals surface area contributed by atoms with Gasteiger partial charge in [0.25, 0.3) is 0 Å². The van der Waals surface area contributed by atoms with Crippen LogP contribution in [-0.4, -0.2) is 31.2 Å². The lowest BCUT2D eigenvalue weighted by atomic mass is 10.0. The van der Waals surface area contributed by atoms with Crippen molar-refractivity contribution < 1.29 is 5.11 Å². The Labute approximate surface area is 148 Å². The number of rotatable bonds is 3. The third-order valence-corrected chi connectivity index (χ3v) is 4.10. The largest absolute Gasteiger partial charge is 0.507 e. The van der Waals surface area contributed by atoms with Gasteiger partial charge < -0.3 is 5.11 Å². The van der Waals surface area contributed by atoms with E-state index in [2.05, 4.69) is 20.3 Å². The van der Waals surface area contributed by atoms with Gasteiger partial charge in [-0.2, -0.15) is 14.9 Å². The number of phenolic OH excluding ortho intramolecular Hbond substituents is 1. The van der Waals surface area contributed by atoms with E-state index in [1.54, 1.807) is 24.7 Å². The minimum atomic E-state index is 0.155. The minimum Gasteiger partial charge on any atom is -0.507 e. The van der Waals surface area contributed by atoms with Crippen molar-refractivity contribution in [1.82, 2.24) is 19.9 Å². The minimum absolute atomic E-state index is 0.155. The Balaban J connectivity index is 1.84. The van der Waals surface area contributed by atoms with Crippen LogP contribution < -0.4 is 0 Å². The zero-order chi connectivity index (χ0) is 17.2. The zero-order valence-corrected chi connectivity index (χ0v) is 13.8. The highest BCUT2D eigenvalue weighted by atomic mass is 32.1. The summed E-state index contributed by atoms with van der Waals surface area (Å²) in [5, 5.41) is 23.6. The first-order valence-corrected chi connectivity index (χ1v) is 7.98. The Hall–Kier alpha value is -3.32. The zero-order valence-electron chi connectivity index (χ0n) is 13.0. The molecule has 0 fully saturated rings. The number of phenols is 1. The third-order valence-electron chi connectivity index (χ3n) is 3.84. The number of benzene rings is 2. The highest BCUT2D eigenvalue weighted by Gasteiger charge is 2.09. The number of hydrogen-bond donors (Lipinski definition) is 2. The van der Waals surface area contributed by atoms with Crippen molar-refractivity contribution >= 4 is 29.2 Å². The van der Waals surface area contributed by atoms with Gasteiger partial charge in [0, 0.05) is 23.5 Å². The van der Waals surface area contributed by atoms with Crippen molar-refractivity contribution in [1.29, 1.82) is 0 Å². The molecule has 0 atom stereocenters. The van der Waals surface area contributed by atoms with Crippen molar-refractivity contribution in [3.05, 3.63) is 71.3 Å². The lowest BCUT2D eigenvalue weighted by Gasteiger charge is -2.05. The average molecular weight is 347 g/mol. The maximum absolute atomic E-state index is 10.2. The molecular weight excluding hydrogens is 334 g/mol. The van der Waals surface area contributed by atoms with Gasteiger partial charge >= 0.3 is 0 Å². The van der Waals surface area contributed by atoms with Crippen molar-refractivity contribution in [2.45, 2.75) is 0 Å².